The largest absolute Gasteiger partial charge is 0.454 e. The zero-order chi connectivity index (χ0) is 13.9. The van der Waals surface area contributed by atoms with Crippen molar-refractivity contribution in [2.45, 2.75) is 4.90 Å². The predicted molar refractivity (Wildman–Crippen MR) is 71.4 cm³/mol. The summed E-state index contributed by atoms with van der Waals surface area (Å²) in [5.74, 6) is 0.636. The first kappa shape index (κ1) is 13.3. The maximum Gasteiger partial charge on any atom is 0.244 e. The standard InChI is InChI=1S/C12H13N3O3S/c1-14-19(16,17)12-7-9(13)4-5-11(12)18-10-3-2-6-15-8-10/h2-8,14H,13H2,1H3. The molecule has 0 spiro atoms. The molecule has 0 aliphatic heterocycles. The molecule has 1 aromatic heterocycles. The van der Waals surface area contributed by atoms with Crippen LogP contribution in [0.15, 0.2) is 47.6 Å². The Kier molecular flexibility index (Phi) is 3.68. The third-order valence-electron chi connectivity index (χ3n) is 2.39. The maximum atomic E-state index is 11.9. The Morgan fingerprint density at radius 2 is 2.11 bits per heavy atom. The summed E-state index contributed by atoms with van der Waals surface area (Å²) in [6.07, 6.45) is 3.09. The first-order valence-electron chi connectivity index (χ1n) is 5.44. The molecule has 0 aliphatic rings. The van der Waals surface area contributed by atoms with Crippen LogP contribution in [0.3, 0.4) is 0 Å². The van der Waals surface area contributed by atoms with E-state index in [1.165, 1.54) is 25.4 Å². The molecule has 1 aromatic carbocycles. The van der Waals surface area contributed by atoms with Crippen molar-refractivity contribution in [1.29, 1.82) is 0 Å². The predicted octanol–water partition coefficient (Wildman–Crippen LogP) is 1.36. The van der Waals surface area contributed by atoms with Gasteiger partial charge in [-0.3, -0.25) is 4.98 Å². The van der Waals surface area contributed by atoms with Gasteiger partial charge in [-0.25, -0.2) is 13.1 Å². The van der Waals surface area contributed by atoms with Gasteiger partial charge in [-0.15, -0.1) is 0 Å². The van der Waals surface area contributed by atoms with Gasteiger partial charge in [0.2, 0.25) is 10.0 Å². The highest BCUT2D eigenvalue weighted by atomic mass is 32.2. The zero-order valence-corrected chi connectivity index (χ0v) is 11.0. The van der Waals surface area contributed by atoms with Crippen LogP contribution < -0.4 is 15.2 Å². The highest BCUT2D eigenvalue weighted by molar-refractivity contribution is 7.89. The maximum absolute atomic E-state index is 11.9. The van der Waals surface area contributed by atoms with E-state index in [0.717, 1.165) is 0 Å². The number of rotatable bonds is 4. The average molecular weight is 279 g/mol. The first-order chi connectivity index (χ1) is 9.03. The first-order valence-corrected chi connectivity index (χ1v) is 6.92. The molecule has 0 unspecified atom stereocenters. The van der Waals surface area contributed by atoms with Gasteiger partial charge in [-0.05, 0) is 37.4 Å². The topological polar surface area (TPSA) is 94.3 Å². The van der Waals surface area contributed by atoms with Gasteiger partial charge in [-0.2, -0.15) is 0 Å². The second-order valence-electron chi connectivity index (χ2n) is 3.70. The molecule has 0 atom stereocenters. The number of nitrogens with one attached hydrogen (secondary N) is 1. The van der Waals surface area contributed by atoms with Crippen molar-refractivity contribution < 1.29 is 13.2 Å². The Bertz CT molecular complexity index is 672. The summed E-state index contributed by atoms with van der Waals surface area (Å²) in [5, 5.41) is 0. The molecular weight excluding hydrogens is 266 g/mol. The number of sulfonamides is 1. The van der Waals surface area contributed by atoms with Crippen molar-refractivity contribution in [2.75, 3.05) is 12.8 Å². The monoisotopic (exact) mass is 279 g/mol. The Hall–Kier alpha value is -2.12. The summed E-state index contributed by atoms with van der Waals surface area (Å²) in [4.78, 5) is 3.88. The van der Waals surface area contributed by atoms with E-state index in [-0.39, 0.29) is 10.6 Å². The van der Waals surface area contributed by atoms with Crippen LogP contribution in [-0.4, -0.2) is 20.4 Å². The smallest absolute Gasteiger partial charge is 0.244 e. The summed E-state index contributed by atoms with van der Waals surface area (Å²) >= 11 is 0. The van der Waals surface area contributed by atoms with Crippen LogP contribution in [0, 0.1) is 0 Å². The number of pyridine rings is 1. The SMILES string of the molecule is CNS(=O)(=O)c1cc(N)ccc1Oc1cccnc1. The molecule has 0 amide bonds. The van der Waals surface area contributed by atoms with Gasteiger partial charge < -0.3 is 10.5 Å². The van der Waals surface area contributed by atoms with E-state index in [1.54, 1.807) is 24.4 Å². The van der Waals surface area contributed by atoms with Crippen LogP contribution >= 0.6 is 0 Å². The van der Waals surface area contributed by atoms with Gasteiger partial charge in [0.15, 0.2) is 0 Å². The molecule has 6 nitrogen and oxygen atoms in total. The molecule has 100 valence electrons. The van der Waals surface area contributed by atoms with Crippen LogP contribution in [0.5, 0.6) is 11.5 Å². The summed E-state index contributed by atoms with van der Waals surface area (Å²) in [6, 6.07) is 7.79. The molecule has 0 bridgehead atoms. The summed E-state index contributed by atoms with van der Waals surface area (Å²) in [6.45, 7) is 0. The van der Waals surface area contributed by atoms with E-state index < -0.39 is 10.0 Å². The number of hydrogen-bond acceptors (Lipinski definition) is 5. The fourth-order valence-corrected chi connectivity index (χ4v) is 2.35. The van der Waals surface area contributed by atoms with Crippen molar-refractivity contribution >= 4 is 15.7 Å². The Balaban J connectivity index is 2.47. The normalized spacial score (nSPS) is 11.2. The molecule has 0 aliphatic carbocycles. The van der Waals surface area contributed by atoms with Gasteiger partial charge in [0.1, 0.15) is 16.4 Å². The number of benzene rings is 1. The molecule has 1 heterocycles. The van der Waals surface area contributed by atoms with Gasteiger partial charge in [0.05, 0.1) is 6.20 Å². The Morgan fingerprint density at radius 1 is 1.32 bits per heavy atom. The van der Waals surface area contributed by atoms with Gasteiger partial charge in [0.25, 0.3) is 0 Å². The van der Waals surface area contributed by atoms with E-state index in [4.69, 9.17) is 10.5 Å². The van der Waals surface area contributed by atoms with Crippen molar-refractivity contribution in [3.8, 4) is 11.5 Å². The van der Waals surface area contributed by atoms with E-state index >= 15 is 0 Å². The summed E-state index contributed by atoms with van der Waals surface area (Å²) < 4.78 is 31.6. The van der Waals surface area contributed by atoms with Crippen LogP contribution in [0.4, 0.5) is 5.69 Å². The number of nitrogen functional groups attached to an aromatic ring is 1. The van der Waals surface area contributed by atoms with E-state index in [9.17, 15) is 8.42 Å². The highest BCUT2D eigenvalue weighted by Gasteiger charge is 2.18. The van der Waals surface area contributed by atoms with Crippen molar-refractivity contribution in [1.82, 2.24) is 9.71 Å². The van der Waals surface area contributed by atoms with Gasteiger partial charge >= 0.3 is 0 Å². The Labute approximate surface area is 111 Å². The lowest BCUT2D eigenvalue weighted by atomic mass is 10.3. The molecular formula is C12H13N3O3S. The number of aromatic nitrogens is 1. The minimum atomic E-state index is -3.65. The van der Waals surface area contributed by atoms with Crippen molar-refractivity contribution in [3.63, 3.8) is 0 Å². The van der Waals surface area contributed by atoms with Crippen LogP contribution in [0.2, 0.25) is 0 Å². The number of nitrogens with zero attached hydrogens (tertiary/aromatic N) is 1. The van der Waals surface area contributed by atoms with Crippen molar-refractivity contribution in [3.05, 3.63) is 42.7 Å². The molecule has 3 N–H and O–H groups in total. The summed E-state index contributed by atoms with van der Waals surface area (Å²) in [7, 11) is -2.32. The minimum absolute atomic E-state index is 0.0150. The second-order valence-corrected chi connectivity index (χ2v) is 5.56. The zero-order valence-electron chi connectivity index (χ0n) is 10.2. The van der Waals surface area contributed by atoms with Gasteiger partial charge in [0, 0.05) is 11.9 Å². The lowest BCUT2D eigenvalue weighted by Crippen LogP contribution is -2.19. The highest BCUT2D eigenvalue weighted by Crippen LogP contribution is 2.29. The molecule has 7 heteroatoms. The second kappa shape index (κ2) is 5.25. The van der Waals surface area contributed by atoms with Crippen LogP contribution in [0.25, 0.3) is 0 Å². The van der Waals surface area contributed by atoms with Gasteiger partial charge in [-0.1, -0.05) is 0 Å². The fraction of sp³-hybridized carbons (Fsp3) is 0.0833. The molecule has 0 fully saturated rings. The number of ether oxygens (including phenoxy) is 1. The van der Waals surface area contributed by atoms with E-state index in [2.05, 4.69) is 9.71 Å². The fourth-order valence-electron chi connectivity index (χ4n) is 1.46. The van der Waals surface area contributed by atoms with Crippen molar-refractivity contribution in [2.24, 2.45) is 0 Å². The number of nitrogens with two attached hydrogens (primary N) is 1. The minimum Gasteiger partial charge on any atom is -0.454 e. The lowest BCUT2D eigenvalue weighted by Gasteiger charge is -2.11. The lowest BCUT2D eigenvalue weighted by molar-refractivity contribution is 0.465. The molecule has 19 heavy (non-hydrogen) atoms. The molecule has 0 radical (unpaired) electrons. The Morgan fingerprint density at radius 3 is 2.74 bits per heavy atom. The summed E-state index contributed by atoms with van der Waals surface area (Å²) in [5.41, 5.74) is 5.95. The number of hydrogen-bond donors (Lipinski definition) is 2. The molecule has 2 aromatic rings. The van der Waals surface area contributed by atoms with Crippen LogP contribution in [-0.2, 0) is 10.0 Å². The van der Waals surface area contributed by atoms with Crippen LogP contribution in [0.1, 0.15) is 0 Å². The molecule has 0 saturated heterocycles. The average Bonchev–Trinajstić information content (AvgIpc) is 2.42. The number of anilines is 1. The van der Waals surface area contributed by atoms with E-state index in [0.29, 0.717) is 11.4 Å². The third-order valence-corrected chi connectivity index (χ3v) is 3.82. The molecule has 2 rings (SSSR count). The third kappa shape index (κ3) is 3.01. The molecule has 0 saturated carbocycles. The quantitative estimate of drug-likeness (QED) is 0.824. The van der Waals surface area contributed by atoms with E-state index in [1.807, 2.05) is 0 Å².